The van der Waals surface area contributed by atoms with Gasteiger partial charge in [0.05, 0.1) is 13.1 Å². The predicted octanol–water partition coefficient (Wildman–Crippen LogP) is 2.32. The van der Waals surface area contributed by atoms with E-state index in [9.17, 15) is 0 Å². The van der Waals surface area contributed by atoms with Gasteiger partial charge in [0.15, 0.2) is 5.66 Å². The number of piperazine rings is 3. The van der Waals surface area contributed by atoms with E-state index in [0.717, 1.165) is 6.54 Å². The second-order valence-corrected chi connectivity index (χ2v) is 15.2. The fourth-order valence-electron chi connectivity index (χ4n) is 10.3. The molecule has 7 fully saturated rings. The zero-order valence-corrected chi connectivity index (χ0v) is 27.9. The lowest BCUT2D eigenvalue weighted by Gasteiger charge is -2.75. The van der Waals surface area contributed by atoms with Gasteiger partial charge in [-0.05, 0) is 65.0 Å². The highest BCUT2D eigenvalue weighted by Crippen LogP contribution is 2.52. The number of quaternary nitrogens is 1. The zero-order valence-electron chi connectivity index (χ0n) is 27.9. The minimum absolute atomic E-state index is 0.141. The third-order valence-electron chi connectivity index (χ3n) is 13.1. The lowest BCUT2D eigenvalue weighted by molar-refractivity contribution is -1.02. The molecule has 7 aliphatic heterocycles. The fourth-order valence-corrected chi connectivity index (χ4v) is 10.3. The normalized spacial score (nSPS) is 39.3. The summed E-state index contributed by atoms with van der Waals surface area (Å²) in [5, 5.41) is 0. The Hall–Kier alpha value is -1.10. The van der Waals surface area contributed by atoms with E-state index in [0.29, 0.717) is 0 Å². The highest BCUT2D eigenvalue weighted by atomic mass is 15.7. The molecular weight excluding hydrogens is 532 g/mol. The molecule has 8 heteroatoms. The highest BCUT2D eigenvalue weighted by molar-refractivity contribution is 5.23. The van der Waals surface area contributed by atoms with Crippen LogP contribution in [0.4, 0.5) is 0 Å². The van der Waals surface area contributed by atoms with Crippen LogP contribution in [-0.2, 0) is 13.1 Å². The van der Waals surface area contributed by atoms with Gasteiger partial charge in [-0.25, -0.2) is 4.90 Å². The maximum atomic E-state index is 2.91. The quantitative estimate of drug-likeness (QED) is 0.494. The van der Waals surface area contributed by atoms with E-state index in [-0.39, 0.29) is 11.3 Å². The first-order valence-electron chi connectivity index (χ1n) is 17.9. The Kier molecular flexibility index (Phi) is 8.95. The molecule has 0 aliphatic carbocycles. The third kappa shape index (κ3) is 5.62. The Balaban J connectivity index is 1.04. The molecular formula is C35H61N8+. The molecule has 7 saturated heterocycles. The smallest absolute Gasteiger partial charge is 0.185 e. The number of benzene rings is 1. The first kappa shape index (κ1) is 30.5. The van der Waals surface area contributed by atoms with Crippen LogP contribution in [0.15, 0.2) is 24.3 Å². The summed E-state index contributed by atoms with van der Waals surface area (Å²) < 4.78 is 1.24. The molecule has 240 valence electrons. The van der Waals surface area contributed by atoms with Crippen LogP contribution in [0.2, 0.25) is 0 Å². The van der Waals surface area contributed by atoms with Gasteiger partial charge in [0.1, 0.15) is 12.2 Å². The molecule has 0 aromatic heterocycles. The van der Waals surface area contributed by atoms with Crippen molar-refractivity contribution in [2.75, 3.05) is 125 Å². The monoisotopic (exact) mass is 594 g/mol. The van der Waals surface area contributed by atoms with Crippen LogP contribution in [0.1, 0.15) is 50.7 Å². The van der Waals surface area contributed by atoms with Crippen molar-refractivity contribution in [1.82, 2.24) is 34.3 Å². The fraction of sp³-hybridized carbons (Fsp3) is 0.829. The van der Waals surface area contributed by atoms with E-state index in [4.69, 9.17) is 0 Å². The molecule has 1 aromatic carbocycles. The summed E-state index contributed by atoms with van der Waals surface area (Å²) in [4.78, 5) is 19.3. The van der Waals surface area contributed by atoms with E-state index in [1.165, 1.54) is 166 Å². The highest BCUT2D eigenvalue weighted by Gasteiger charge is 2.72. The molecule has 43 heavy (non-hydrogen) atoms. The van der Waals surface area contributed by atoms with E-state index in [1.807, 2.05) is 0 Å². The lowest BCUT2D eigenvalue weighted by Crippen LogP contribution is -2.93. The molecule has 0 radical (unpaired) electrons. The van der Waals surface area contributed by atoms with Crippen LogP contribution < -0.4 is 0 Å². The molecule has 1 aromatic rings. The van der Waals surface area contributed by atoms with Crippen molar-refractivity contribution in [2.45, 2.75) is 63.9 Å². The van der Waals surface area contributed by atoms with Crippen LogP contribution in [0.25, 0.3) is 0 Å². The standard InChI is InChI=1S/C35H61N8/c1-34-35(2)42-18-7-28-43(35,29-27-41(34)17-6-16-40(34)25-26-42)31-33-10-8-32(9-11-33)30-39-15-5-14-38-23-21-37(22-24-38)13-4-12-36(3)19-20-39/h8-11H,4-7,12-31H2,1-3H3/q+1/t34-,35+,43?/m1/s1. The summed E-state index contributed by atoms with van der Waals surface area (Å²) in [7, 11) is 2.32. The largest absolute Gasteiger partial charge is 0.305 e. The maximum absolute atomic E-state index is 2.91. The number of nitrogens with zero attached hydrogens (tertiary/aromatic N) is 8. The van der Waals surface area contributed by atoms with Crippen molar-refractivity contribution in [3.05, 3.63) is 35.4 Å². The van der Waals surface area contributed by atoms with Gasteiger partial charge in [0.2, 0.25) is 0 Å². The number of hydrogen-bond donors (Lipinski definition) is 0. The summed E-state index contributed by atoms with van der Waals surface area (Å²) in [5.41, 5.74) is 3.32. The minimum atomic E-state index is 0.141. The number of hydrogen-bond acceptors (Lipinski definition) is 7. The first-order chi connectivity index (χ1) is 20.9. The SMILES string of the molecule is CN1CCCN2CCN(CCCN(Cc3ccc(C[N+]45CCCN6CCN7CCCN(CC4)[C@]7(C)[C@@]65C)cc3)CC1)CC2. The molecule has 7 aliphatic rings. The van der Waals surface area contributed by atoms with Crippen molar-refractivity contribution in [2.24, 2.45) is 0 Å². The van der Waals surface area contributed by atoms with Gasteiger partial charge >= 0.3 is 0 Å². The molecule has 3 atom stereocenters. The summed E-state index contributed by atoms with van der Waals surface area (Å²) in [6, 6.07) is 9.93. The average Bonchev–Trinajstić information content (AvgIpc) is 3.01. The molecule has 1 unspecified atom stereocenters. The zero-order chi connectivity index (χ0) is 29.5. The molecule has 0 N–H and O–H groups in total. The van der Waals surface area contributed by atoms with Crippen molar-refractivity contribution in [1.29, 1.82) is 0 Å². The lowest BCUT2D eigenvalue weighted by atomic mass is 9.77. The molecule has 0 saturated carbocycles. The molecule has 0 amide bonds. The van der Waals surface area contributed by atoms with Crippen LogP contribution >= 0.6 is 0 Å². The second-order valence-electron chi connectivity index (χ2n) is 15.2. The molecule has 0 spiro atoms. The van der Waals surface area contributed by atoms with E-state index < -0.39 is 0 Å². The Morgan fingerprint density at radius 1 is 0.558 bits per heavy atom. The van der Waals surface area contributed by atoms with Crippen LogP contribution in [0.5, 0.6) is 0 Å². The van der Waals surface area contributed by atoms with E-state index in [2.05, 4.69) is 79.5 Å². The maximum Gasteiger partial charge on any atom is 0.185 e. The molecule has 7 heterocycles. The van der Waals surface area contributed by atoms with Crippen molar-refractivity contribution in [3.8, 4) is 0 Å². The van der Waals surface area contributed by atoms with Gasteiger partial charge in [-0.15, -0.1) is 0 Å². The van der Waals surface area contributed by atoms with Gasteiger partial charge in [-0.2, -0.15) is 0 Å². The summed E-state index contributed by atoms with van der Waals surface area (Å²) in [6.45, 7) is 30.0. The molecule has 2 bridgehead atoms. The Labute approximate surface area is 262 Å². The minimum Gasteiger partial charge on any atom is -0.305 e. The van der Waals surface area contributed by atoms with Gasteiger partial charge in [-0.1, -0.05) is 24.3 Å². The van der Waals surface area contributed by atoms with Crippen LogP contribution in [0.3, 0.4) is 0 Å². The van der Waals surface area contributed by atoms with Crippen LogP contribution in [0, 0.1) is 0 Å². The van der Waals surface area contributed by atoms with E-state index in [1.54, 1.807) is 0 Å². The number of fused-ring (bicyclic) bond motifs is 11. The van der Waals surface area contributed by atoms with Gasteiger partial charge < -0.3 is 14.7 Å². The topological polar surface area (TPSA) is 22.7 Å². The predicted molar refractivity (Wildman–Crippen MR) is 176 cm³/mol. The van der Waals surface area contributed by atoms with Crippen molar-refractivity contribution in [3.63, 3.8) is 0 Å². The Morgan fingerprint density at radius 3 is 1.91 bits per heavy atom. The summed E-state index contributed by atoms with van der Waals surface area (Å²) >= 11 is 0. The second kappa shape index (κ2) is 12.6. The van der Waals surface area contributed by atoms with Gasteiger partial charge in [0, 0.05) is 104 Å². The number of likely N-dealkylation sites (N-methyl/N-ethyl adjacent to an activating group) is 1. The van der Waals surface area contributed by atoms with Gasteiger partial charge in [0.25, 0.3) is 0 Å². The third-order valence-corrected chi connectivity index (χ3v) is 13.1. The van der Waals surface area contributed by atoms with Gasteiger partial charge in [-0.3, -0.25) is 19.2 Å². The van der Waals surface area contributed by atoms with Crippen molar-refractivity contribution >= 4 is 0 Å². The summed E-state index contributed by atoms with van der Waals surface area (Å²) in [6.07, 6.45) is 5.24. The van der Waals surface area contributed by atoms with Crippen LogP contribution in [-0.4, -0.2) is 175 Å². The average molecular weight is 594 g/mol. The first-order valence-corrected chi connectivity index (χ1v) is 17.9. The summed E-state index contributed by atoms with van der Waals surface area (Å²) in [5.74, 6) is 0. The van der Waals surface area contributed by atoms with Crippen molar-refractivity contribution < 1.29 is 4.48 Å². The Morgan fingerprint density at radius 2 is 1.16 bits per heavy atom. The number of rotatable bonds is 4. The molecule has 8 nitrogen and oxygen atoms in total. The Bertz CT molecular complexity index is 1070. The van der Waals surface area contributed by atoms with E-state index >= 15 is 0 Å². The molecule has 8 rings (SSSR count).